The Hall–Kier alpha value is -2.07. The van der Waals surface area contributed by atoms with E-state index in [2.05, 4.69) is 5.32 Å². The summed E-state index contributed by atoms with van der Waals surface area (Å²) < 4.78 is 29.6. The second-order valence-electron chi connectivity index (χ2n) is 5.29. The van der Waals surface area contributed by atoms with Crippen molar-refractivity contribution in [2.24, 2.45) is 0 Å². The number of carbonyl (C=O) groups is 1. The van der Waals surface area contributed by atoms with Crippen LogP contribution in [-0.2, 0) is 0 Å². The van der Waals surface area contributed by atoms with Gasteiger partial charge in [-0.3, -0.25) is 4.79 Å². The molecule has 2 N–H and O–H groups in total. The molecule has 1 amide bonds. The molecule has 8 heteroatoms. The number of hydrogen-bond acceptors (Lipinski definition) is 5. The van der Waals surface area contributed by atoms with Crippen LogP contribution in [0.5, 0.6) is 17.2 Å². The van der Waals surface area contributed by atoms with E-state index < -0.39 is 17.8 Å². The Labute approximate surface area is 164 Å². The number of rotatable bonds is 8. The van der Waals surface area contributed by atoms with E-state index >= 15 is 0 Å². The quantitative estimate of drug-likeness (QED) is 0.575. The summed E-state index contributed by atoms with van der Waals surface area (Å²) in [4.78, 5) is 12.1. The summed E-state index contributed by atoms with van der Waals surface area (Å²) in [6, 6.07) is 9.05. The van der Waals surface area contributed by atoms with Crippen molar-refractivity contribution >= 4 is 28.5 Å². The molecule has 2 rings (SSSR count). The third-order valence-electron chi connectivity index (χ3n) is 3.48. The molecule has 2 aromatic rings. The molecule has 0 fully saturated rings. The molecule has 26 heavy (non-hydrogen) atoms. The van der Waals surface area contributed by atoms with Crippen molar-refractivity contribution in [3.8, 4) is 17.2 Å². The molecule has 0 saturated heterocycles. The van der Waals surface area contributed by atoms with Gasteiger partial charge in [0.25, 0.3) is 5.91 Å². The fourth-order valence-electron chi connectivity index (χ4n) is 2.18. The Morgan fingerprint density at radius 3 is 2.46 bits per heavy atom. The third kappa shape index (κ3) is 5.21. The lowest BCUT2D eigenvalue weighted by Crippen LogP contribution is -2.35. The summed E-state index contributed by atoms with van der Waals surface area (Å²) in [5.74, 6) is 0.507. The van der Waals surface area contributed by atoms with Crippen molar-refractivity contribution in [2.75, 3.05) is 27.4 Å². The largest absolute Gasteiger partial charge is 0.493 e. The summed E-state index contributed by atoms with van der Waals surface area (Å²) in [5.41, 5.74) is 0.339. The molecule has 0 aliphatic rings. The van der Waals surface area contributed by atoms with Crippen LogP contribution in [0.25, 0.3) is 0 Å². The first-order valence-corrected chi connectivity index (χ1v) is 8.79. The average molecular weight is 475 g/mol. The number of methoxy groups -OCH3 is 2. The van der Waals surface area contributed by atoms with E-state index in [9.17, 15) is 14.3 Å². The van der Waals surface area contributed by atoms with Gasteiger partial charge in [-0.05, 0) is 52.9 Å². The molecule has 140 valence electrons. The molecular weight excluding hydrogens is 456 g/mol. The lowest BCUT2D eigenvalue weighted by molar-refractivity contribution is 0.0833. The molecule has 1 unspecified atom stereocenters. The summed E-state index contributed by atoms with van der Waals surface area (Å²) in [7, 11) is 3.01. The summed E-state index contributed by atoms with van der Waals surface area (Å²) >= 11 is 1.88. The fourth-order valence-corrected chi connectivity index (χ4v) is 2.90. The van der Waals surface area contributed by atoms with Gasteiger partial charge in [0.1, 0.15) is 18.5 Å². The number of nitrogens with one attached hydrogen (secondary N) is 1. The first kappa shape index (κ1) is 20.2. The Balaban J connectivity index is 1.91. The zero-order valence-corrected chi connectivity index (χ0v) is 16.4. The van der Waals surface area contributed by atoms with Gasteiger partial charge < -0.3 is 24.6 Å². The minimum atomic E-state index is -0.952. The first-order valence-electron chi connectivity index (χ1n) is 7.71. The second-order valence-corrected chi connectivity index (χ2v) is 6.45. The van der Waals surface area contributed by atoms with Crippen molar-refractivity contribution in [1.29, 1.82) is 0 Å². The lowest BCUT2D eigenvalue weighted by atomic mass is 10.2. The Morgan fingerprint density at radius 2 is 1.88 bits per heavy atom. The fraction of sp³-hybridized carbons (Fsp3) is 0.278. The second kappa shape index (κ2) is 9.58. The SMILES string of the molecule is COc1cccc(OC)c1OCC(O)CNC(=O)c1ccc(F)cc1I. The van der Waals surface area contributed by atoms with Crippen LogP contribution in [0.3, 0.4) is 0 Å². The molecule has 1 atom stereocenters. The highest BCUT2D eigenvalue weighted by atomic mass is 127. The predicted molar refractivity (Wildman–Crippen MR) is 102 cm³/mol. The number of hydrogen-bond donors (Lipinski definition) is 2. The number of benzene rings is 2. The predicted octanol–water partition coefficient (Wildman–Crippen LogP) is 2.62. The molecule has 0 bridgehead atoms. The molecule has 0 spiro atoms. The van der Waals surface area contributed by atoms with E-state index in [-0.39, 0.29) is 13.2 Å². The first-order chi connectivity index (χ1) is 12.5. The lowest BCUT2D eigenvalue weighted by Gasteiger charge is -2.17. The Bertz CT molecular complexity index is 749. The number of carbonyl (C=O) groups excluding carboxylic acids is 1. The van der Waals surface area contributed by atoms with Gasteiger partial charge in [-0.2, -0.15) is 0 Å². The average Bonchev–Trinajstić information content (AvgIpc) is 2.63. The van der Waals surface area contributed by atoms with Crippen molar-refractivity contribution in [3.05, 3.63) is 51.3 Å². The smallest absolute Gasteiger partial charge is 0.252 e. The van der Waals surface area contributed by atoms with Crippen LogP contribution >= 0.6 is 22.6 Å². The van der Waals surface area contributed by atoms with E-state index in [1.807, 2.05) is 22.6 Å². The van der Waals surface area contributed by atoms with Gasteiger partial charge >= 0.3 is 0 Å². The molecule has 6 nitrogen and oxygen atoms in total. The minimum Gasteiger partial charge on any atom is -0.493 e. The van der Waals surface area contributed by atoms with Crippen LogP contribution in [0.2, 0.25) is 0 Å². The molecule has 0 heterocycles. The highest BCUT2D eigenvalue weighted by molar-refractivity contribution is 14.1. The summed E-state index contributed by atoms with van der Waals surface area (Å²) in [6.07, 6.45) is -0.952. The highest BCUT2D eigenvalue weighted by Crippen LogP contribution is 2.36. The zero-order valence-electron chi connectivity index (χ0n) is 14.3. The minimum absolute atomic E-state index is 0.0241. The normalized spacial score (nSPS) is 11.6. The van der Waals surface area contributed by atoms with Gasteiger partial charge in [0.2, 0.25) is 5.75 Å². The van der Waals surface area contributed by atoms with Crippen LogP contribution in [0.1, 0.15) is 10.4 Å². The van der Waals surface area contributed by atoms with E-state index in [0.717, 1.165) is 0 Å². The molecule has 0 aliphatic carbocycles. The van der Waals surface area contributed by atoms with E-state index in [4.69, 9.17) is 14.2 Å². The van der Waals surface area contributed by atoms with Crippen LogP contribution in [0, 0.1) is 9.39 Å². The number of halogens is 2. The zero-order chi connectivity index (χ0) is 19.1. The van der Waals surface area contributed by atoms with Gasteiger partial charge in [0.15, 0.2) is 11.5 Å². The highest BCUT2D eigenvalue weighted by Gasteiger charge is 2.16. The maximum Gasteiger partial charge on any atom is 0.252 e. The van der Waals surface area contributed by atoms with Crippen molar-refractivity contribution in [2.45, 2.75) is 6.10 Å². The Kier molecular flexibility index (Phi) is 7.46. The molecule has 0 radical (unpaired) electrons. The maximum absolute atomic E-state index is 13.1. The van der Waals surface area contributed by atoms with Gasteiger partial charge in [0, 0.05) is 10.1 Å². The van der Waals surface area contributed by atoms with Gasteiger partial charge in [-0.1, -0.05) is 6.07 Å². The number of ether oxygens (including phenoxy) is 3. The molecule has 0 aromatic heterocycles. The van der Waals surface area contributed by atoms with E-state index in [0.29, 0.717) is 26.4 Å². The van der Waals surface area contributed by atoms with E-state index in [1.165, 1.54) is 32.4 Å². The molecular formula is C18H19FINO5. The van der Waals surface area contributed by atoms with Crippen molar-refractivity contribution in [3.63, 3.8) is 0 Å². The topological polar surface area (TPSA) is 77.0 Å². The summed E-state index contributed by atoms with van der Waals surface area (Å²) in [5, 5.41) is 12.7. The number of amides is 1. The number of aliphatic hydroxyl groups is 1. The van der Waals surface area contributed by atoms with Crippen LogP contribution in [0.4, 0.5) is 4.39 Å². The van der Waals surface area contributed by atoms with Gasteiger partial charge in [0.05, 0.1) is 19.8 Å². The standard InChI is InChI=1S/C18H19FINO5/c1-24-15-4-3-5-16(25-2)17(15)26-10-12(22)9-21-18(23)13-7-6-11(19)8-14(13)20/h3-8,12,22H,9-10H2,1-2H3,(H,21,23). The van der Waals surface area contributed by atoms with E-state index in [1.54, 1.807) is 18.2 Å². The van der Waals surface area contributed by atoms with Crippen molar-refractivity contribution < 1.29 is 28.5 Å². The summed E-state index contributed by atoms with van der Waals surface area (Å²) in [6.45, 7) is -0.0960. The molecule has 0 saturated carbocycles. The molecule has 0 aliphatic heterocycles. The molecule has 2 aromatic carbocycles. The van der Waals surface area contributed by atoms with Crippen LogP contribution in [0.15, 0.2) is 36.4 Å². The van der Waals surface area contributed by atoms with Gasteiger partial charge in [-0.25, -0.2) is 4.39 Å². The Morgan fingerprint density at radius 1 is 1.23 bits per heavy atom. The maximum atomic E-state index is 13.1. The number of para-hydroxylation sites is 1. The van der Waals surface area contributed by atoms with Crippen LogP contribution < -0.4 is 19.5 Å². The van der Waals surface area contributed by atoms with Crippen LogP contribution in [-0.4, -0.2) is 44.5 Å². The monoisotopic (exact) mass is 475 g/mol. The third-order valence-corrected chi connectivity index (χ3v) is 4.37. The number of aliphatic hydroxyl groups excluding tert-OH is 1. The van der Waals surface area contributed by atoms with Gasteiger partial charge in [-0.15, -0.1) is 0 Å². The van der Waals surface area contributed by atoms with Crippen molar-refractivity contribution in [1.82, 2.24) is 5.32 Å².